The lowest BCUT2D eigenvalue weighted by molar-refractivity contribution is 0.268. The fraction of sp³-hybridized carbons (Fsp3) is 0.250. The van der Waals surface area contributed by atoms with Gasteiger partial charge in [0.2, 0.25) is 5.88 Å². The zero-order valence-electron chi connectivity index (χ0n) is 15.1. The molecule has 1 heterocycles. The Hall–Kier alpha value is -2.73. The minimum Gasteiger partial charge on any atom is -0.494 e. The van der Waals surface area contributed by atoms with Gasteiger partial charge in [-0.2, -0.15) is 0 Å². The first-order valence-electron chi connectivity index (χ1n) is 8.31. The Labute approximate surface area is 157 Å². The summed E-state index contributed by atoms with van der Waals surface area (Å²) in [4.78, 5) is 16.0. The fourth-order valence-corrected chi connectivity index (χ4v) is 2.97. The summed E-state index contributed by atoms with van der Waals surface area (Å²) >= 11 is 1.02. The number of thiazole rings is 1. The van der Waals surface area contributed by atoms with Crippen LogP contribution in [0.15, 0.2) is 65.6 Å². The van der Waals surface area contributed by atoms with E-state index in [1.807, 2.05) is 67.4 Å². The van der Waals surface area contributed by atoms with Crippen molar-refractivity contribution in [1.82, 2.24) is 9.88 Å². The molecule has 2 aromatic rings. The van der Waals surface area contributed by atoms with Gasteiger partial charge in [0.05, 0.1) is 11.4 Å². The lowest BCUT2D eigenvalue weighted by Gasteiger charge is -2.19. The largest absolute Gasteiger partial charge is 0.494 e. The van der Waals surface area contributed by atoms with Gasteiger partial charge in [-0.05, 0) is 30.7 Å². The first kappa shape index (κ1) is 19.6. The molecule has 1 aromatic carbocycles. The van der Waals surface area contributed by atoms with Crippen molar-refractivity contribution >= 4 is 11.3 Å². The van der Waals surface area contributed by atoms with E-state index in [1.165, 1.54) is 0 Å². The van der Waals surface area contributed by atoms with Crippen LogP contribution < -0.4 is 9.61 Å². The highest BCUT2D eigenvalue weighted by molar-refractivity contribution is 7.09. The fourth-order valence-electron chi connectivity index (χ4n) is 2.21. The first-order chi connectivity index (χ1) is 12.5. The number of hydrogen-bond acceptors (Lipinski definition) is 5. The van der Waals surface area contributed by atoms with Crippen molar-refractivity contribution in [3.05, 3.63) is 81.0 Å². The summed E-state index contributed by atoms with van der Waals surface area (Å²) in [5, 5.41) is 9.64. The number of aromatic amines is 1. The lowest BCUT2D eigenvalue weighted by Crippen LogP contribution is -2.22. The number of allylic oxidation sites excluding steroid dienone is 4. The molecular formula is C20H24N2O3S. The molecule has 6 heteroatoms. The van der Waals surface area contributed by atoms with Gasteiger partial charge in [-0.25, -0.2) is 0 Å². The van der Waals surface area contributed by atoms with E-state index in [-0.39, 0.29) is 10.8 Å². The molecule has 0 radical (unpaired) electrons. The van der Waals surface area contributed by atoms with E-state index < -0.39 is 0 Å². The summed E-state index contributed by atoms with van der Waals surface area (Å²) in [5.74, 6) is 0.732. The molecule has 26 heavy (non-hydrogen) atoms. The number of nitrogens with zero attached hydrogens (tertiary/aromatic N) is 1. The highest BCUT2D eigenvalue weighted by atomic mass is 32.1. The van der Waals surface area contributed by atoms with E-state index in [4.69, 9.17) is 4.74 Å². The van der Waals surface area contributed by atoms with Gasteiger partial charge in [-0.1, -0.05) is 48.3 Å². The Balaban J connectivity index is 1.81. The summed E-state index contributed by atoms with van der Waals surface area (Å²) in [6, 6.07) is 7.65. The second kappa shape index (κ2) is 9.68. The molecule has 0 aliphatic rings. The van der Waals surface area contributed by atoms with Crippen LogP contribution in [0.5, 0.6) is 11.6 Å². The normalized spacial score (nSPS) is 11.3. The number of likely N-dealkylation sites (N-methyl/N-ethyl adjacent to an activating group) is 1. The van der Waals surface area contributed by atoms with Gasteiger partial charge >= 0.3 is 4.87 Å². The molecule has 0 saturated heterocycles. The Kier molecular flexibility index (Phi) is 7.29. The summed E-state index contributed by atoms with van der Waals surface area (Å²) in [6.45, 7) is 7.26. The quantitative estimate of drug-likeness (QED) is 0.659. The standard InChI is InChI=1S/C20H24N2O3S/c1-4-5-6-7-15(2)22(3)12-13-25-17-10-8-16(9-11-17)14-18-19(23)21-20(24)26-18/h4-11,23H,2,12-14H2,1,3H3,(H,21,24). The van der Waals surface area contributed by atoms with Gasteiger partial charge in [-0.3, -0.25) is 9.78 Å². The number of ether oxygens (including phenoxy) is 1. The number of benzene rings is 1. The third-order valence-corrected chi connectivity index (χ3v) is 4.64. The third-order valence-electron chi connectivity index (χ3n) is 3.77. The monoisotopic (exact) mass is 372 g/mol. The topological polar surface area (TPSA) is 65.6 Å². The van der Waals surface area contributed by atoms with Gasteiger partial charge < -0.3 is 14.7 Å². The number of H-pyrrole nitrogens is 1. The van der Waals surface area contributed by atoms with Gasteiger partial charge in [0.1, 0.15) is 12.4 Å². The van der Waals surface area contributed by atoms with Gasteiger partial charge in [-0.15, -0.1) is 0 Å². The number of aromatic nitrogens is 1. The maximum atomic E-state index is 11.2. The van der Waals surface area contributed by atoms with Crippen molar-refractivity contribution in [3.8, 4) is 11.6 Å². The highest BCUT2D eigenvalue weighted by Gasteiger charge is 2.07. The Morgan fingerprint density at radius 2 is 2.08 bits per heavy atom. The van der Waals surface area contributed by atoms with Gasteiger partial charge in [0, 0.05) is 19.2 Å². The smallest absolute Gasteiger partial charge is 0.307 e. The van der Waals surface area contributed by atoms with Crippen molar-refractivity contribution in [2.45, 2.75) is 13.3 Å². The molecule has 0 fully saturated rings. The van der Waals surface area contributed by atoms with E-state index >= 15 is 0 Å². The van der Waals surface area contributed by atoms with Crippen molar-refractivity contribution in [2.75, 3.05) is 20.2 Å². The highest BCUT2D eigenvalue weighted by Crippen LogP contribution is 2.21. The van der Waals surface area contributed by atoms with E-state index in [9.17, 15) is 9.90 Å². The molecule has 1 aromatic heterocycles. The number of aromatic hydroxyl groups is 1. The number of nitrogens with one attached hydrogen (secondary N) is 1. The van der Waals surface area contributed by atoms with Crippen LogP contribution in [0.1, 0.15) is 17.4 Å². The molecular weight excluding hydrogens is 348 g/mol. The first-order valence-corrected chi connectivity index (χ1v) is 9.13. The summed E-state index contributed by atoms with van der Waals surface area (Å²) in [5.41, 5.74) is 1.93. The average molecular weight is 372 g/mol. The molecule has 0 atom stereocenters. The average Bonchev–Trinajstić information content (AvgIpc) is 2.93. The molecule has 0 spiro atoms. The van der Waals surface area contributed by atoms with Crippen LogP contribution in [-0.4, -0.2) is 35.2 Å². The van der Waals surface area contributed by atoms with Crippen molar-refractivity contribution in [3.63, 3.8) is 0 Å². The number of hydrogen-bond donors (Lipinski definition) is 2. The third kappa shape index (κ3) is 5.97. The zero-order chi connectivity index (χ0) is 18.9. The van der Waals surface area contributed by atoms with Crippen LogP contribution in [-0.2, 0) is 6.42 Å². The molecule has 138 valence electrons. The minimum absolute atomic E-state index is 0.0490. The molecule has 2 rings (SSSR count). The predicted molar refractivity (Wildman–Crippen MR) is 107 cm³/mol. The van der Waals surface area contributed by atoms with Crippen molar-refractivity contribution in [1.29, 1.82) is 0 Å². The van der Waals surface area contributed by atoms with E-state index in [1.54, 1.807) is 0 Å². The SMILES string of the molecule is C=C(C=CC=CC)N(C)CCOc1ccc(Cc2sc(=O)[nH]c2O)cc1. The van der Waals surface area contributed by atoms with Crippen LogP contribution in [0.3, 0.4) is 0 Å². The summed E-state index contributed by atoms with van der Waals surface area (Å²) in [7, 11) is 1.98. The molecule has 5 nitrogen and oxygen atoms in total. The minimum atomic E-state index is -0.247. The maximum absolute atomic E-state index is 11.2. The van der Waals surface area contributed by atoms with Crippen LogP contribution in [0, 0.1) is 0 Å². The molecule has 0 bridgehead atoms. The molecule has 0 aliphatic carbocycles. The van der Waals surface area contributed by atoms with Crippen molar-refractivity contribution in [2.24, 2.45) is 0 Å². The Morgan fingerprint density at radius 1 is 1.35 bits per heavy atom. The van der Waals surface area contributed by atoms with Crippen molar-refractivity contribution < 1.29 is 9.84 Å². The second-order valence-corrected chi connectivity index (χ2v) is 6.82. The Morgan fingerprint density at radius 3 is 2.69 bits per heavy atom. The molecule has 0 saturated carbocycles. The zero-order valence-corrected chi connectivity index (χ0v) is 15.9. The van der Waals surface area contributed by atoms with Crippen LogP contribution >= 0.6 is 11.3 Å². The maximum Gasteiger partial charge on any atom is 0.307 e. The molecule has 2 N–H and O–H groups in total. The van der Waals surface area contributed by atoms with E-state index in [0.29, 0.717) is 17.9 Å². The van der Waals surface area contributed by atoms with E-state index in [2.05, 4.69) is 11.6 Å². The van der Waals surface area contributed by atoms with Crippen LogP contribution in [0.25, 0.3) is 0 Å². The number of rotatable bonds is 9. The molecule has 0 amide bonds. The summed E-state index contributed by atoms with van der Waals surface area (Å²) < 4.78 is 5.76. The second-order valence-electron chi connectivity index (χ2n) is 5.75. The van der Waals surface area contributed by atoms with E-state index in [0.717, 1.165) is 34.9 Å². The van der Waals surface area contributed by atoms with Gasteiger partial charge in [0.25, 0.3) is 0 Å². The molecule has 0 aliphatic heterocycles. The molecule has 0 unspecified atom stereocenters. The predicted octanol–water partition coefficient (Wildman–Crippen LogP) is 3.69. The Bertz CT molecular complexity index is 831. The van der Waals surface area contributed by atoms with Crippen LogP contribution in [0.2, 0.25) is 0 Å². The van der Waals surface area contributed by atoms with Crippen LogP contribution in [0.4, 0.5) is 0 Å². The lowest BCUT2D eigenvalue weighted by atomic mass is 10.1. The van der Waals surface area contributed by atoms with Gasteiger partial charge in [0.15, 0.2) is 0 Å². The summed E-state index contributed by atoms with van der Waals surface area (Å²) in [6.07, 6.45) is 8.35.